The molecule has 144 valence electrons. The van der Waals surface area contributed by atoms with Crippen LogP contribution in [-0.4, -0.2) is 5.91 Å². The number of carbonyl (C=O) groups excluding carboxylic acids is 1. The molecule has 1 amide bonds. The molecular formula is C24H19ClN2O2. The molecule has 5 heteroatoms. The first-order valence-corrected chi connectivity index (χ1v) is 9.39. The number of hydrogen-bond donors (Lipinski definition) is 1. The van der Waals surface area contributed by atoms with Crippen molar-refractivity contribution in [3.8, 4) is 11.8 Å². The molecule has 3 rings (SSSR count). The predicted molar refractivity (Wildman–Crippen MR) is 116 cm³/mol. The first-order chi connectivity index (χ1) is 14.0. The van der Waals surface area contributed by atoms with Crippen molar-refractivity contribution in [1.82, 2.24) is 0 Å². The Hall–Kier alpha value is -3.55. The number of amides is 1. The smallest absolute Gasteiger partial charge is 0.266 e. The van der Waals surface area contributed by atoms with Crippen LogP contribution < -0.4 is 10.1 Å². The summed E-state index contributed by atoms with van der Waals surface area (Å²) in [4.78, 5) is 12.5. The Balaban J connectivity index is 1.77. The van der Waals surface area contributed by atoms with E-state index in [2.05, 4.69) is 11.4 Å². The molecule has 0 saturated carbocycles. The quantitative estimate of drug-likeness (QED) is 0.420. The molecule has 0 aliphatic rings. The summed E-state index contributed by atoms with van der Waals surface area (Å²) in [5.74, 6) is 0.101. The Morgan fingerprint density at radius 2 is 1.86 bits per heavy atom. The van der Waals surface area contributed by atoms with Gasteiger partial charge in [-0.25, -0.2) is 0 Å². The minimum absolute atomic E-state index is 0.0217. The van der Waals surface area contributed by atoms with Crippen LogP contribution in [0.15, 0.2) is 78.4 Å². The second-order valence-corrected chi connectivity index (χ2v) is 6.88. The fraction of sp³-hybridized carbons (Fsp3) is 0.0833. The van der Waals surface area contributed by atoms with Gasteiger partial charge < -0.3 is 10.1 Å². The standard InChI is InChI=1S/C24H19ClN2O2/c1-17-5-4-6-18(13-17)16-29-23-8-3-2-7-19(23)14-20(15-26)24(28)27-22-11-9-21(25)10-12-22/h2-14H,16H2,1H3,(H,27,28)/b20-14+. The van der Waals surface area contributed by atoms with Crippen molar-refractivity contribution >= 4 is 29.3 Å². The molecule has 0 fully saturated rings. The van der Waals surface area contributed by atoms with E-state index >= 15 is 0 Å². The third-order valence-corrected chi connectivity index (χ3v) is 4.41. The van der Waals surface area contributed by atoms with Crippen LogP contribution in [0.4, 0.5) is 5.69 Å². The van der Waals surface area contributed by atoms with Gasteiger partial charge in [0.1, 0.15) is 24.0 Å². The molecule has 0 saturated heterocycles. The molecule has 0 radical (unpaired) electrons. The Morgan fingerprint density at radius 1 is 1.10 bits per heavy atom. The number of para-hydroxylation sites is 1. The van der Waals surface area contributed by atoms with E-state index < -0.39 is 5.91 Å². The van der Waals surface area contributed by atoms with Crippen molar-refractivity contribution in [3.63, 3.8) is 0 Å². The summed E-state index contributed by atoms with van der Waals surface area (Å²) in [7, 11) is 0. The number of halogens is 1. The molecule has 0 bridgehead atoms. The topological polar surface area (TPSA) is 62.1 Å². The first kappa shape index (κ1) is 20.2. The number of ether oxygens (including phenoxy) is 1. The van der Waals surface area contributed by atoms with Crippen LogP contribution in [0.25, 0.3) is 6.08 Å². The van der Waals surface area contributed by atoms with E-state index in [0.717, 1.165) is 11.1 Å². The lowest BCUT2D eigenvalue weighted by Crippen LogP contribution is -2.13. The molecule has 0 unspecified atom stereocenters. The van der Waals surface area contributed by atoms with Crippen LogP contribution >= 0.6 is 11.6 Å². The van der Waals surface area contributed by atoms with Gasteiger partial charge in [0.25, 0.3) is 5.91 Å². The largest absolute Gasteiger partial charge is 0.488 e. The summed E-state index contributed by atoms with van der Waals surface area (Å²) in [5.41, 5.74) is 3.40. The monoisotopic (exact) mass is 402 g/mol. The van der Waals surface area contributed by atoms with Crippen LogP contribution in [0.2, 0.25) is 5.02 Å². The predicted octanol–water partition coefficient (Wildman–Crippen LogP) is 5.77. The van der Waals surface area contributed by atoms with Crippen LogP contribution in [0.3, 0.4) is 0 Å². The highest BCUT2D eigenvalue weighted by Gasteiger charge is 2.11. The highest BCUT2D eigenvalue weighted by molar-refractivity contribution is 6.30. The zero-order valence-electron chi connectivity index (χ0n) is 15.9. The van der Waals surface area contributed by atoms with Gasteiger partial charge >= 0.3 is 0 Å². The van der Waals surface area contributed by atoms with Crippen molar-refractivity contribution in [2.75, 3.05) is 5.32 Å². The summed E-state index contributed by atoms with van der Waals surface area (Å²) >= 11 is 5.86. The molecule has 3 aromatic rings. The number of aryl methyl sites for hydroxylation is 1. The third-order valence-electron chi connectivity index (χ3n) is 4.16. The van der Waals surface area contributed by atoms with E-state index in [4.69, 9.17) is 16.3 Å². The number of benzene rings is 3. The maximum absolute atomic E-state index is 12.5. The average Bonchev–Trinajstić information content (AvgIpc) is 2.73. The number of carbonyl (C=O) groups is 1. The van der Waals surface area contributed by atoms with E-state index in [-0.39, 0.29) is 5.57 Å². The number of rotatable bonds is 6. The number of nitriles is 1. The molecular weight excluding hydrogens is 384 g/mol. The third kappa shape index (κ3) is 5.71. The van der Waals surface area contributed by atoms with Crippen molar-refractivity contribution in [3.05, 3.63) is 100 Å². The molecule has 0 heterocycles. The Bertz CT molecular complexity index is 1080. The van der Waals surface area contributed by atoms with E-state index in [0.29, 0.717) is 28.6 Å². The second kappa shape index (κ2) is 9.59. The van der Waals surface area contributed by atoms with Gasteiger partial charge in [0.05, 0.1) is 0 Å². The highest BCUT2D eigenvalue weighted by atomic mass is 35.5. The molecule has 29 heavy (non-hydrogen) atoms. The van der Waals surface area contributed by atoms with Gasteiger partial charge in [0, 0.05) is 16.3 Å². The Kier molecular flexibility index (Phi) is 6.67. The molecule has 0 aromatic heterocycles. The maximum Gasteiger partial charge on any atom is 0.266 e. The van der Waals surface area contributed by atoms with Gasteiger partial charge in [0.2, 0.25) is 0 Å². The zero-order valence-corrected chi connectivity index (χ0v) is 16.6. The van der Waals surface area contributed by atoms with Gasteiger partial charge in [-0.3, -0.25) is 4.79 Å². The van der Waals surface area contributed by atoms with Crippen molar-refractivity contribution in [2.45, 2.75) is 13.5 Å². The summed E-state index contributed by atoms with van der Waals surface area (Å²) in [5, 5.41) is 12.7. The van der Waals surface area contributed by atoms with Crippen LogP contribution in [0.5, 0.6) is 5.75 Å². The molecule has 3 aromatic carbocycles. The normalized spacial score (nSPS) is 10.9. The zero-order chi connectivity index (χ0) is 20.6. The fourth-order valence-electron chi connectivity index (χ4n) is 2.73. The molecule has 1 N–H and O–H groups in total. The van der Waals surface area contributed by atoms with E-state index in [9.17, 15) is 10.1 Å². The van der Waals surface area contributed by atoms with E-state index in [1.54, 1.807) is 30.3 Å². The SMILES string of the molecule is Cc1cccc(COc2ccccc2/C=C(\C#N)C(=O)Nc2ccc(Cl)cc2)c1. The Morgan fingerprint density at radius 3 is 2.59 bits per heavy atom. The van der Waals surface area contributed by atoms with Crippen LogP contribution in [0, 0.1) is 18.3 Å². The molecule has 0 spiro atoms. The van der Waals surface area contributed by atoms with Crippen LogP contribution in [0.1, 0.15) is 16.7 Å². The van der Waals surface area contributed by atoms with Gasteiger partial charge in [-0.15, -0.1) is 0 Å². The molecule has 4 nitrogen and oxygen atoms in total. The Labute approximate surface area is 175 Å². The fourth-order valence-corrected chi connectivity index (χ4v) is 2.86. The summed E-state index contributed by atoms with van der Waals surface area (Å²) in [6, 6.07) is 24.0. The molecule has 0 aliphatic carbocycles. The van der Waals surface area contributed by atoms with Crippen molar-refractivity contribution in [2.24, 2.45) is 0 Å². The van der Waals surface area contributed by atoms with E-state index in [1.165, 1.54) is 6.08 Å². The van der Waals surface area contributed by atoms with Crippen LogP contribution in [-0.2, 0) is 11.4 Å². The summed E-state index contributed by atoms with van der Waals surface area (Å²) < 4.78 is 5.93. The van der Waals surface area contributed by atoms with E-state index in [1.807, 2.05) is 49.4 Å². The number of nitrogens with one attached hydrogen (secondary N) is 1. The average molecular weight is 403 g/mol. The maximum atomic E-state index is 12.5. The van der Waals surface area contributed by atoms with Crippen molar-refractivity contribution in [1.29, 1.82) is 5.26 Å². The van der Waals surface area contributed by atoms with Gasteiger partial charge in [-0.2, -0.15) is 5.26 Å². The lowest BCUT2D eigenvalue weighted by molar-refractivity contribution is -0.112. The van der Waals surface area contributed by atoms with Gasteiger partial charge in [-0.1, -0.05) is 59.6 Å². The molecule has 0 aliphatic heterocycles. The summed E-state index contributed by atoms with van der Waals surface area (Å²) in [6.07, 6.45) is 1.52. The first-order valence-electron chi connectivity index (χ1n) is 9.01. The second-order valence-electron chi connectivity index (χ2n) is 6.45. The lowest BCUT2D eigenvalue weighted by atomic mass is 10.1. The number of nitrogens with zero attached hydrogens (tertiary/aromatic N) is 1. The van der Waals surface area contributed by atoms with Crippen molar-refractivity contribution < 1.29 is 9.53 Å². The van der Waals surface area contributed by atoms with Gasteiger partial charge in [0.15, 0.2) is 0 Å². The minimum Gasteiger partial charge on any atom is -0.488 e. The summed E-state index contributed by atoms with van der Waals surface area (Å²) in [6.45, 7) is 2.42. The number of hydrogen-bond acceptors (Lipinski definition) is 3. The lowest BCUT2D eigenvalue weighted by Gasteiger charge is -2.10. The minimum atomic E-state index is -0.497. The highest BCUT2D eigenvalue weighted by Crippen LogP contribution is 2.23. The van der Waals surface area contributed by atoms with Gasteiger partial charge in [-0.05, 0) is 48.9 Å². The number of anilines is 1. The molecule has 0 atom stereocenters.